The summed E-state index contributed by atoms with van der Waals surface area (Å²) in [6.45, 7) is 3.12. The molecule has 0 aliphatic rings. The van der Waals surface area contributed by atoms with Gasteiger partial charge in [-0.2, -0.15) is 0 Å². The second-order valence-electron chi connectivity index (χ2n) is 7.49. The normalized spacial score (nSPS) is 11.3. The number of thioether (sulfide) groups is 1. The van der Waals surface area contributed by atoms with Gasteiger partial charge < -0.3 is 5.32 Å². The van der Waals surface area contributed by atoms with Gasteiger partial charge in [-0.3, -0.25) is 18.6 Å². The molecule has 9 heteroatoms. The fraction of sp³-hybridized carbons (Fsp3) is 0.304. The van der Waals surface area contributed by atoms with Crippen molar-refractivity contribution in [2.24, 2.45) is 0 Å². The number of aromatic nitrogens is 4. The van der Waals surface area contributed by atoms with Gasteiger partial charge in [0.1, 0.15) is 0 Å². The second kappa shape index (κ2) is 10.2. The Balaban J connectivity index is 1.56. The molecule has 0 saturated carbocycles. The average molecular weight is 470 g/mol. The van der Waals surface area contributed by atoms with Crippen molar-refractivity contribution in [3.05, 3.63) is 69.5 Å². The van der Waals surface area contributed by atoms with E-state index >= 15 is 0 Å². The van der Waals surface area contributed by atoms with E-state index in [9.17, 15) is 9.59 Å². The highest BCUT2D eigenvalue weighted by molar-refractivity contribution is 7.99. The molecule has 32 heavy (non-hydrogen) atoms. The molecule has 0 saturated heterocycles. The van der Waals surface area contributed by atoms with Crippen LogP contribution >= 0.6 is 23.4 Å². The summed E-state index contributed by atoms with van der Waals surface area (Å²) in [5.41, 5.74) is 1.62. The number of hydrogen-bond acceptors (Lipinski definition) is 5. The average Bonchev–Trinajstić information content (AvgIpc) is 3.22. The third kappa shape index (κ3) is 4.81. The summed E-state index contributed by atoms with van der Waals surface area (Å²) in [5, 5.41) is 13.3. The first-order chi connectivity index (χ1) is 15.6. The molecule has 0 aliphatic heterocycles. The Bertz CT molecular complexity index is 1320. The molecule has 2 heterocycles. The number of nitrogens with one attached hydrogen (secondary N) is 1. The van der Waals surface area contributed by atoms with Crippen molar-refractivity contribution in [2.75, 3.05) is 5.75 Å². The minimum absolute atomic E-state index is 0.0626. The molecule has 0 spiro atoms. The summed E-state index contributed by atoms with van der Waals surface area (Å²) < 4.78 is 3.56. The molecule has 4 aromatic rings. The smallest absolute Gasteiger partial charge is 0.262 e. The van der Waals surface area contributed by atoms with Crippen LogP contribution in [0.5, 0.6) is 0 Å². The zero-order chi connectivity index (χ0) is 22.5. The maximum Gasteiger partial charge on any atom is 0.262 e. The van der Waals surface area contributed by atoms with Crippen molar-refractivity contribution in [3.8, 4) is 0 Å². The van der Waals surface area contributed by atoms with Crippen LogP contribution in [0.4, 0.5) is 0 Å². The van der Waals surface area contributed by atoms with E-state index < -0.39 is 0 Å². The van der Waals surface area contributed by atoms with Gasteiger partial charge in [0.25, 0.3) is 5.56 Å². The third-order valence-corrected chi connectivity index (χ3v) is 6.34. The maximum atomic E-state index is 13.1. The fourth-order valence-corrected chi connectivity index (χ4v) is 4.56. The van der Waals surface area contributed by atoms with E-state index in [0.717, 1.165) is 30.3 Å². The number of amides is 1. The molecule has 0 fully saturated rings. The standard InChI is InChI=1S/C23H24ClN5O2S/c1-2-3-6-12-28-21(31)18-10-4-5-11-19(18)29-22(28)26-27-23(29)32-15-20(30)25-14-16-8-7-9-17(24)13-16/h4-5,7-11,13H,2-3,6,12,14-15H2,1H3,(H,25,30). The van der Waals surface area contributed by atoms with Gasteiger partial charge in [0.15, 0.2) is 5.16 Å². The number of benzene rings is 2. The zero-order valence-corrected chi connectivity index (χ0v) is 19.3. The lowest BCUT2D eigenvalue weighted by Crippen LogP contribution is -2.25. The first kappa shape index (κ1) is 22.4. The van der Waals surface area contributed by atoms with E-state index in [1.54, 1.807) is 10.6 Å². The van der Waals surface area contributed by atoms with Gasteiger partial charge in [0, 0.05) is 18.1 Å². The minimum atomic E-state index is -0.118. The Hall–Kier alpha value is -2.84. The number of halogens is 1. The van der Waals surface area contributed by atoms with Gasteiger partial charge in [-0.25, -0.2) is 0 Å². The van der Waals surface area contributed by atoms with Crippen LogP contribution < -0.4 is 10.9 Å². The number of carbonyl (C=O) groups excluding carboxylic acids is 1. The summed E-state index contributed by atoms with van der Waals surface area (Å²) in [6.07, 6.45) is 3.00. The van der Waals surface area contributed by atoms with Crippen molar-refractivity contribution in [1.29, 1.82) is 0 Å². The highest BCUT2D eigenvalue weighted by atomic mass is 35.5. The van der Waals surface area contributed by atoms with Crippen molar-refractivity contribution in [1.82, 2.24) is 24.5 Å². The molecule has 0 atom stereocenters. The summed E-state index contributed by atoms with van der Waals surface area (Å²) in [4.78, 5) is 25.5. The van der Waals surface area contributed by atoms with Crippen LogP contribution in [-0.4, -0.2) is 30.8 Å². The Labute approximate surface area is 194 Å². The molecule has 7 nitrogen and oxygen atoms in total. The molecule has 0 aliphatic carbocycles. The molecule has 1 N–H and O–H groups in total. The van der Waals surface area contributed by atoms with Gasteiger partial charge >= 0.3 is 0 Å². The van der Waals surface area contributed by atoms with Gasteiger partial charge in [0.2, 0.25) is 11.7 Å². The van der Waals surface area contributed by atoms with Crippen LogP contribution in [0.25, 0.3) is 16.7 Å². The number of rotatable bonds is 9. The van der Waals surface area contributed by atoms with Gasteiger partial charge in [0.05, 0.1) is 16.7 Å². The van der Waals surface area contributed by atoms with Gasteiger partial charge in [-0.05, 0) is 36.2 Å². The fourth-order valence-electron chi connectivity index (χ4n) is 3.58. The van der Waals surface area contributed by atoms with E-state index in [2.05, 4.69) is 22.4 Å². The van der Waals surface area contributed by atoms with Crippen LogP contribution in [0, 0.1) is 0 Å². The zero-order valence-electron chi connectivity index (χ0n) is 17.8. The lowest BCUT2D eigenvalue weighted by Gasteiger charge is -2.11. The quantitative estimate of drug-likeness (QED) is 0.292. The van der Waals surface area contributed by atoms with E-state index in [-0.39, 0.29) is 17.2 Å². The first-order valence-corrected chi connectivity index (χ1v) is 12.0. The Morgan fingerprint density at radius 3 is 2.78 bits per heavy atom. The molecule has 1 amide bonds. The van der Waals surface area contributed by atoms with Gasteiger partial charge in [-0.1, -0.05) is 67.4 Å². The number of hydrogen-bond donors (Lipinski definition) is 1. The van der Waals surface area contributed by atoms with Crippen molar-refractivity contribution >= 4 is 46.0 Å². The van der Waals surface area contributed by atoms with Crippen LogP contribution in [0.1, 0.15) is 31.7 Å². The SMILES string of the molecule is CCCCCn1c(=O)c2ccccc2n2c(SCC(=O)NCc3cccc(Cl)c3)nnc12. The van der Waals surface area contributed by atoms with Crippen molar-refractivity contribution in [3.63, 3.8) is 0 Å². The maximum absolute atomic E-state index is 13.1. The summed E-state index contributed by atoms with van der Waals surface area (Å²) in [5.74, 6) is 0.573. The van der Waals surface area contributed by atoms with E-state index in [4.69, 9.17) is 11.6 Å². The predicted octanol–water partition coefficient (Wildman–Crippen LogP) is 4.30. The molecule has 0 bridgehead atoms. The molecule has 4 rings (SSSR count). The topological polar surface area (TPSA) is 81.3 Å². The molecule has 166 valence electrons. The largest absolute Gasteiger partial charge is 0.351 e. The number of carbonyl (C=O) groups is 1. The third-order valence-electron chi connectivity index (χ3n) is 5.17. The highest BCUT2D eigenvalue weighted by Gasteiger charge is 2.17. The Morgan fingerprint density at radius 1 is 1.12 bits per heavy atom. The van der Waals surface area contributed by atoms with E-state index in [1.807, 2.05) is 46.9 Å². The molecule has 2 aromatic carbocycles. The van der Waals surface area contributed by atoms with Crippen LogP contribution in [0.2, 0.25) is 5.02 Å². The number of nitrogens with zero attached hydrogens (tertiary/aromatic N) is 4. The number of para-hydroxylation sites is 1. The lowest BCUT2D eigenvalue weighted by atomic mass is 10.2. The van der Waals surface area contributed by atoms with Crippen LogP contribution in [0.3, 0.4) is 0 Å². The number of fused-ring (bicyclic) bond motifs is 3. The number of aryl methyl sites for hydroxylation is 1. The Morgan fingerprint density at radius 2 is 1.97 bits per heavy atom. The molecule has 0 radical (unpaired) electrons. The first-order valence-electron chi connectivity index (χ1n) is 10.6. The summed E-state index contributed by atoms with van der Waals surface area (Å²) >= 11 is 7.29. The summed E-state index contributed by atoms with van der Waals surface area (Å²) in [6, 6.07) is 14.8. The minimum Gasteiger partial charge on any atom is -0.351 e. The predicted molar refractivity (Wildman–Crippen MR) is 128 cm³/mol. The second-order valence-corrected chi connectivity index (χ2v) is 8.87. The molecule has 2 aromatic heterocycles. The van der Waals surface area contributed by atoms with Crippen molar-refractivity contribution < 1.29 is 4.79 Å². The summed E-state index contributed by atoms with van der Waals surface area (Å²) in [7, 11) is 0. The molecule has 0 unspecified atom stereocenters. The Kier molecular flexibility index (Phi) is 7.12. The van der Waals surface area contributed by atoms with E-state index in [0.29, 0.717) is 34.4 Å². The van der Waals surface area contributed by atoms with Crippen LogP contribution in [0.15, 0.2) is 58.5 Å². The van der Waals surface area contributed by atoms with Crippen LogP contribution in [-0.2, 0) is 17.9 Å². The number of unbranched alkanes of at least 4 members (excludes halogenated alkanes) is 2. The lowest BCUT2D eigenvalue weighted by molar-refractivity contribution is -0.118. The monoisotopic (exact) mass is 469 g/mol. The van der Waals surface area contributed by atoms with Crippen molar-refractivity contribution in [2.45, 2.75) is 44.4 Å². The molecular weight excluding hydrogens is 446 g/mol. The molecular formula is C23H24ClN5O2S. The highest BCUT2D eigenvalue weighted by Crippen LogP contribution is 2.22. The van der Waals surface area contributed by atoms with Gasteiger partial charge in [-0.15, -0.1) is 10.2 Å². The van der Waals surface area contributed by atoms with E-state index in [1.165, 1.54) is 11.8 Å².